The highest BCUT2D eigenvalue weighted by molar-refractivity contribution is 9.10. The maximum atomic E-state index is 10.3. The van der Waals surface area contributed by atoms with Crippen LogP contribution in [0.2, 0.25) is 0 Å². The first kappa shape index (κ1) is 15.2. The average molecular weight is 328 g/mol. The van der Waals surface area contributed by atoms with Crippen molar-refractivity contribution in [3.05, 3.63) is 51.1 Å². The first-order valence-electron chi connectivity index (χ1n) is 5.60. The summed E-state index contributed by atoms with van der Waals surface area (Å²) >= 11 is 3.36. The molecular formula is C13H14BrNO4. The molecule has 0 amide bonds. The number of ether oxygens (including phenoxy) is 2. The fourth-order valence-corrected chi connectivity index (χ4v) is 1.95. The molecule has 0 saturated heterocycles. The van der Waals surface area contributed by atoms with E-state index in [0.29, 0.717) is 34.7 Å². The fourth-order valence-electron chi connectivity index (χ4n) is 1.38. The lowest BCUT2D eigenvalue weighted by molar-refractivity contribution is -0.400. The second kappa shape index (κ2) is 7.58. The monoisotopic (exact) mass is 327 g/mol. The summed E-state index contributed by atoms with van der Waals surface area (Å²) in [5.74, 6) is 1.08. The highest BCUT2D eigenvalue weighted by atomic mass is 79.9. The van der Waals surface area contributed by atoms with Crippen LogP contribution in [0.25, 0.3) is 6.08 Å². The van der Waals surface area contributed by atoms with Crippen molar-refractivity contribution in [2.45, 2.75) is 6.92 Å². The quantitative estimate of drug-likeness (QED) is 0.435. The van der Waals surface area contributed by atoms with Gasteiger partial charge in [-0.1, -0.05) is 12.7 Å². The van der Waals surface area contributed by atoms with E-state index in [0.717, 1.165) is 6.20 Å². The van der Waals surface area contributed by atoms with E-state index in [4.69, 9.17) is 9.47 Å². The zero-order chi connectivity index (χ0) is 14.3. The minimum atomic E-state index is -0.517. The third-order valence-electron chi connectivity index (χ3n) is 2.07. The summed E-state index contributed by atoms with van der Waals surface area (Å²) in [6.45, 7) is 6.25. The van der Waals surface area contributed by atoms with Gasteiger partial charge in [0, 0.05) is 6.08 Å². The normalized spacial score (nSPS) is 10.4. The van der Waals surface area contributed by atoms with E-state index in [1.54, 1.807) is 18.2 Å². The molecule has 0 spiro atoms. The van der Waals surface area contributed by atoms with Crippen molar-refractivity contribution >= 4 is 22.0 Å². The standard InChI is InChI=1S/C13H14BrNO4/c1-3-7-19-13-11(14)8-10(5-6-15(16)17)9-12(13)18-4-2/h3,5-6,8-9H,1,4,7H2,2H3. The van der Waals surface area contributed by atoms with Crippen LogP contribution in [0.15, 0.2) is 35.5 Å². The fraction of sp³-hybridized carbons (Fsp3) is 0.231. The largest absolute Gasteiger partial charge is 0.490 e. The molecule has 5 nitrogen and oxygen atoms in total. The van der Waals surface area contributed by atoms with Gasteiger partial charge in [-0.05, 0) is 40.5 Å². The molecule has 0 bridgehead atoms. The third kappa shape index (κ3) is 4.75. The van der Waals surface area contributed by atoms with E-state index in [1.165, 1.54) is 6.08 Å². The second-order valence-electron chi connectivity index (χ2n) is 3.46. The van der Waals surface area contributed by atoms with Gasteiger partial charge >= 0.3 is 0 Å². The molecule has 0 aliphatic carbocycles. The Morgan fingerprint density at radius 2 is 2.21 bits per heavy atom. The zero-order valence-corrected chi connectivity index (χ0v) is 12.1. The average Bonchev–Trinajstić information content (AvgIpc) is 2.36. The first-order chi connectivity index (χ1) is 9.08. The molecule has 0 aliphatic heterocycles. The number of halogens is 1. The number of benzene rings is 1. The van der Waals surface area contributed by atoms with Gasteiger partial charge < -0.3 is 9.47 Å². The van der Waals surface area contributed by atoms with E-state index < -0.39 is 4.92 Å². The van der Waals surface area contributed by atoms with Gasteiger partial charge in [0.2, 0.25) is 6.20 Å². The number of hydrogen-bond donors (Lipinski definition) is 0. The Kier molecular flexibility index (Phi) is 6.08. The number of nitro groups is 1. The SMILES string of the molecule is C=CCOc1c(Br)cc(C=C[N+](=O)[O-])cc1OCC. The molecule has 0 saturated carbocycles. The lowest BCUT2D eigenvalue weighted by Crippen LogP contribution is -2.00. The summed E-state index contributed by atoms with van der Waals surface area (Å²) in [6, 6.07) is 3.41. The lowest BCUT2D eigenvalue weighted by atomic mass is 10.2. The molecule has 19 heavy (non-hydrogen) atoms. The predicted octanol–water partition coefficient (Wildman–Crippen LogP) is 3.66. The number of nitrogens with zero attached hydrogens (tertiary/aromatic N) is 1. The number of rotatable bonds is 7. The first-order valence-corrected chi connectivity index (χ1v) is 6.39. The Morgan fingerprint density at radius 3 is 2.79 bits per heavy atom. The topological polar surface area (TPSA) is 61.6 Å². The molecule has 6 heteroatoms. The van der Waals surface area contributed by atoms with E-state index in [1.807, 2.05) is 6.92 Å². The molecule has 0 radical (unpaired) electrons. The molecule has 0 atom stereocenters. The minimum Gasteiger partial charge on any atom is -0.490 e. The van der Waals surface area contributed by atoms with Crippen LogP contribution in [0.1, 0.15) is 12.5 Å². The second-order valence-corrected chi connectivity index (χ2v) is 4.32. The molecule has 0 N–H and O–H groups in total. The highest BCUT2D eigenvalue weighted by Crippen LogP contribution is 2.37. The zero-order valence-electron chi connectivity index (χ0n) is 10.5. The van der Waals surface area contributed by atoms with Crippen LogP contribution in [-0.4, -0.2) is 18.1 Å². The Hall–Kier alpha value is -1.82. The van der Waals surface area contributed by atoms with Crippen molar-refractivity contribution in [1.29, 1.82) is 0 Å². The van der Waals surface area contributed by atoms with Crippen LogP contribution in [0.5, 0.6) is 11.5 Å². The minimum absolute atomic E-state index is 0.350. The van der Waals surface area contributed by atoms with E-state index in [9.17, 15) is 10.1 Å². The summed E-state index contributed by atoms with van der Waals surface area (Å²) < 4.78 is 11.6. The van der Waals surface area contributed by atoms with Crippen molar-refractivity contribution in [2.24, 2.45) is 0 Å². The van der Waals surface area contributed by atoms with Crippen LogP contribution in [0, 0.1) is 10.1 Å². The summed E-state index contributed by atoms with van der Waals surface area (Å²) in [4.78, 5) is 9.80. The Morgan fingerprint density at radius 1 is 1.47 bits per heavy atom. The van der Waals surface area contributed by atoms with Crippen LogP contribution in [0.4, 0.5) is 0 Å². The van der Waals surface area contributed by atoms with Crippen LogP contribution in [-0.2, 0) is 0 Å². The molecule has 0 aromatic heterocycles. The molecule has 0 unspecified atom stereocenters. The summed E-state index contributed by atoms with van der Waals surface area (Å²) in [5, 5.41) is 10.3. The molecule has 1 rings (SSSR count). The third-order valence-corrected chi connectivity index (χ3v) is 2.65. The van der Waals surface area contributed by atoms with Crippen LogP contribution in [0.3, 0.4) is 0 Å². The smallest absolute Gasteiger partial charge is 0.235 e. The summed E-state index contributed by atoms with van der Waals surface area (Å²) in [5.41, 5.74) is 0.651. The van der Waals surface area contributed by atoms with Gasteiger partial charge in [0.1, 0.15) is 6.61 Å². The lowest BCUT2D eigenvalue weighted by Gasteiger charge is -2.13. The molecular weight excluding hydrogens is 314 g/mol. The van der Waals surface area contributed by atoms with Gasteiger partial charge in [-0.15, -0.1) is 0 Å². The Labute approximate surface area is 119 Å². The molecule has 102 valence electrons. The molecule has 0 heterocycles. The van der Waals surface area contributed by atoms with Crippen LogP contribution < -0.4 is 9.47 Å². The van der Waals surface area contributed by atoms with Crippen molar-refractivity contribution in [3.63, 3.8) is 0 Å². The molecule has 1 aromatic rings. The van der Waals surface area contributed by atoms with Crippen molar-refractivity contribution in [2.75, 3.05) is 13.2 Å². The summed E-state index contributed by atoms with van der Waals surface area (Å²) in [7, 11) is 0. The van der Waals surface area contributed by atoms with Gasteiger partial charge in [0.15, 0.2) is 11.5 Å². The van der Waals surface area contributed by atoms with Gasteiger partial charge in [0.05, 0.1) is 16.0 Å². The van der Waals surface area contributed by atoms with E-state index in [2.05, 4.69) is 22.5 Å². The Bertz CT molecular complexity index is 500. The maximum Gasteiger partial charge on any atom is 0.235 e. The Balaban J connectivity index is 3.12. The van der Waals surface area contributed by atoms with Crippen molar-refractivity contribution < 1.29 is 14.4 Å². The summed E-state index contributed by atoms with van der Waals surface area (Å²) in [6.07, 6.45) is 3.90. The maximum absolute atomic E-state index is 10.3. The number of hydrogen-bond acceptors (Lipinski definition) is 4. The van der Waals surface area contributed by atoms with Gasteiger partial charge in [-0.2, -0.15) is 0 Å². The van der Waals surface area contributed by atoms with Crippen molar-refractivity contribution in [3.8, 4) is 11.5 Å². The van der Waals surface area contributed by atoms with Gasteiger partial charge in [-0.25, -0.2) is 0 Å². The van der Waals surface area contributed by atoms with Gasteiger partial charge in [-0.3, -0.25) is 10.1 Å². The van der Waals surface area contributed by atoms with Gasteiger partial charge in [0.25, 0.3) is 0 Å². The highest BCUT2D eigenvalue weighted by Gasteiger charge is 2.11. The van der Waals surface area contributed by atoms with Crippen LogP contribution >= 0.6 is 15.9 Å². The van der Waals surface area contributed by atoms with Crippen molar-refractivity contribution in [1.82, 2.24) is 0 Å². The van der Waals surface area contributed by atoms with E-state index >= 15 is 0 Å². The van der Waals surface area contributed by atoms with E-state index in [-0.39, 0.29) is 0 Å². The molecule has 0 fully saturated rings. The predicted molar refractivity (Wildman–Crippen MR) is 77.0 cm³/mol. The molecule has 1 aromatic carbocycles. The molecule has 0 aliphatic rings.